The van der Waals surface area contributed by atoms with E-state index >= 15 is 0 Å². The largest absolute Gasteiger partial charge is 0.306 e. The number of aryl methyl sites for hydroxylation is 1. The Morgan fingerprint density at radius 3 is 2.62 bits per heavy atom. The van der Waals surface area contributed by atoms with Crippen LogP contribution in [0, 0.1) is 6.92 Å². The molecule has 0 aromatic carbocycles. The fourth-order valence-electron chi connectivity index (χ4n) is 1.89. The van der Waals surface area contributed by atoms with Crippen molar-refractivity contribution in [3.63, 3.8) is 0 Å². The van der Waals surface area contributed by atoms with E-state index in [9.17, 15) is 0 Å². The maximum absolute atomic E-state index is 4.36. The van der Waals surface area contributed by atoms with E-state index < -0.39 is 0 Å². The molecule has 72 valence electrons. The van der Waals surface area contributed by atoms with Crippen LogP contribution in [0.15, 0.2) is 12.4 Å². The Hall–Kier alpha value is -0.830. The van der Waals surface area contributed by atoms with Gasteiger partial charge < -0.3 is 4.90 Å². The van der Waals surface area contributed by atoms with Gasteiger partial charge in [0.05, 0.1) is 12.2 Å². The second-order valence-electron chi connectivity index (χ2n) is 4.03. The highest BCUT2D eigenvalue weighted by atomic mass is 15.3. The SMILES string of the molecule is Cc1cnn(C2CCN(C)CC2)c1. The van der Waals surface area contributed by atoms with Crippen LogP contribution in [-0.2, 0) is 0 Å². The highest BCUT2D eigenvalue weighted by molar-refractivity contribution is 5.00. The first-order valence-corrected chi connectivity index (χ1v) is 4.95. The third-order valence-corrected chi connectivity index (χ3v) is 2.79. The molecule has 13 heavy (non-hydrogen) atoms. The normalized spacial score (nSPS) is 20.8. The molecule has 1 saturated heterocycles. The van der Waals surface area contributed by atoms with Crippen LogP contribution in [0.1, 0.15) is 24.4 Å². The van der Waals surface area contributed by atoms with Gasteiger partial charge in [-0.3, -0.25) is 4.68 Å². The van der Waals surface area contributed by atoms with Crippen molar-refractivity contribution in [1.82, 2.24) is 14.7 Å². The quantitative estimate of drug-likeness (QED) is 0.650. The average molecular weight is 179 g/mol. The predicted molar refractivity (Wildman–Crippen MR) is 52.7 cm³/mol. The average Bonchev–Trinajstić information content (AvgIpc) is 2.53. The Morgan fingerprint density at radius 2 is 2.08 bits per heavy atom. The van der Waals surface area contributed by atoms with Crippen molar-refractivity contribution in [2.24, 2.45) is 0 Å². The predicted octanol–water partition coefficient (Wildman–Crippen LogP) is 1.46. The van der Waals surface area contributed by atoms with Gasteiger partial charge in [-0.25, -0.2) is 0 Å². The Kier molecular flexibility index (Phi) is 2.36. The number of nitrogens with zero attached hydrogens (tertiary/aromatic N) is 3. The molecule has 0 atom stereocenters. The summed E-state index contributed by atoms with van der Waals surface area (Å²) in [6.45, 7) is 4.49. The van der Waals surface area contributed by atoms with Crippen LogP contribution < -0.4 is 0 Å². The Morgan fingerprint density at radius 1 is 1.38 bits per heavy atom. The summed E-state index contributed by atoms with van der Waals surface area (Å²) in [6, 6.07) is 0.630. The van der Waals surface area contributed by atoms with E-state index in [4.69, 9.17) is 0 Å². The third-order valence-electron chi connectivity index (χ3n) is 2.79. The van der Waals surface area contributed by atoms with Gasteiger partial charge in [0.2, 0.25) is 0 Å². The minimum Gasteiger partial charge on any atom is -0.306 e. The molecule has 0 radical (unpaired) electrons. The molecule has 0 spiro atoms. The summed E-state index contributed by atoms with van der Waals surface area (Å²) < 4.78 is 2.13. The minimum absolute atomic E-state index is 0.630. The van der Waals surface area contributed by atoms with Gasteiger partial charge >= 0.3 is 0 Å². The van der Waals surface area contributed by atoms with Crippen LogP contribution in [0.2, 0.25) is 0 Å². The number of likely N-dealkylation sites (tertiary alicyclic amines) is 1. The number of aromatic nitrogens is 2. The van der Waals surface area contributed by atoms with Gasteiger partial charge in [-0.1, -0.05) is 0 Å². The van der Waals surface area contributed by atoms with Crippen molar-refractivity contribution in [1.29, 1.82) is 0 Å². The maximum atomic E-state index is 4.36. The molecule has 0 amide bonds. The van der Waals surface area contributed by atoms with Gasteiger partial charge in [-0.05, 0) is 45.5 Å². The van der Waals surface area contributed by atoms with Crippen LogP contribution in [0.4, 0.5) is 0 Å². The molecule has 3 heteroatoms. The van der Waals surface area contributed by atoms with Gasteiger partial charge in [0.25, 0.3) is 0 Å². The first kappa shape index (κ1) is 8.75. The van der Waals surface area contributed by atoms with E-state index in [-0.39, 0.29) is 0 Å². The third kappa shape index (κ3) is 1.91. The fraction of sp³-hybridized carbons (Fsp3) is 0.700. The highest BCUT2D eigenvalue weighted by Gasteiger charge is 2.18. The lowest BCUT2D eigenvalue weighted by molar-refractivity contribution is 0.212. The molecule has 2 rings (SSSR count). The summed E-state index contributed by atoms with van der Waals surface area (Å²) in [5.41, 5.74) is 1.26. The summed E-state index contributed by atoms with van der Waals surface area (Å²) >= 11 is 0. The summed E-state index contributed by atoms with van der Waals surface area (Å²) in [5, 5.41) is 4.36. The highest BCUT2D eigenvalue weighted by Crippen LogP contribution is 2.20. The van der Waals surface area contributed by atoms with Crippen molar-refractivity contribution in [3.8, 4) is 0 Å². The number of rotatable bonds is 1. The van der Waals surface area contributed by atoms with Crippen LogP contribution in [0.5, 0.6) is 0 Å². The molecular formula is C10H17N3. The topological polar surface area (TPSA) is 21.1 Å². The van der Waals surface area contributed by atoms with E-state index in [1.54, 1.807) is 0 Å². The zero-order valence-electron chi connectivity index (χ0n) is 8.40. The lowest BCUT2D eigenvalue weighted by Gasteiger charge is -2.28. The summed E-state index contributed by atoms with van der Waals surface area (Å²) in [5.74, 6) is 0. The van der Waals surface area contributed by atoms with Crippen molar-refractivity contribution in [2.75, 3.05) is 20.1 Å². The fourth-order valence-corrected chi connectivity index (χ4v) is 1.89. The molecule has 1 aliphatic heterocycles. The molecule has 1 aliphatic rings. The Labute approximate surface area is 79.3 Å². The van der Waals surface area contributed by atoms with Crippen molar-refractivity contribution in [2.45, 2.75) is 25.8 Å². The van der Waals surface area contributed by atoms with Crippen LogP contribution in [-0.4, -0.2) is 34.8 Å². The lowest BCUT2D eigenvalue weighted by Crippen LogP contribution is -2.31. The molecule has 1 fully saturated rings. The monoisotopic (exact) mass is 179 g/mol. The van der Waals surface area contributed by atoms with Gasteiger partial charge in [0, 0.05) is 6.20 Å². The van der Waals surface area contributed by atoms with Crippen LogP contribution >= 0.6 is 0 Å². The molecular weight excluding hydrogens is 162 g/mol. The maximum Gasteiger partial charge on any atom is 0.0543 e. The molecule has 0 bridgehead atoms. The number of hydrogen-bond donors (Lipinski definition) is 0. The molecule has 3 nitrogen and oxygen atoms in total. The molecule has 0 saturated carbocycles. The van der Waals surface area contributed by atoms with Gasteiger partial charge in [-0.15, -0.1) is 0 Å². The van der Waals surface area contributed by atoms with Gasteiger partial charge in [0.1, 0.15) is 0 Å². The molecule has 2 heterocycles. The van der Waals surface area contributed by atoms with Crippen molar-refractivity contribution in [3.05, 3.63) is 18.0 Å². The molecule has 1 aromatic rings. The second kappa shape index (κ2) is 3.50. The summed E-state index contributed by atoms with van der Waals surface area (Å²) in [4.78, 5) is 2.38. The smallest absolute Gasteiger partial charge is 0.0543 e. The van der Waals surface area contributed by atoms with E-state index in [2.05, 4.69) is 34.8 Å². The van der Waals surface area contributed by atoms with E-state index in [0.717, 1.165) is 0 Å². The van der Waals surface area contributed by atoms with Crippen molar-refractivity contribution < 1.29 is 0 Å². The zero-order chi connectivity index (χ0) is 9.26. The Balaban J connectivity index is 2.02. The number of piperidine rings is 1. The molecule has 0 unspecified atom stereocenters. The standard InChI is InChI=1S/C10H17N3/c1-9-7-11-13(8-9)10-3-5-12(2)6-4-10/h7-8,10H,3-6H2,1-2H3. The van der Waals surface area contributed by atoms with Crippen molar-refractivity contribution >= 4 is 0 Å². The molecule has 0 N–H and O–H groups in total. The van der Waals surface area contributed by atoms with Crippen LogP contribution in [0.3, 0.4) is 0 Å². The lowest BCUT2D eigenvalue weighted by atomic mass is 10.1. The zero-order valence-corrected chi connectivity index (χ0v) is 8.40. The van der Waals surface area contributed by atoms with E-state index in [1.807, 2.05) is 6.20 Å². The van der Waals surface area contributed by atoms with Crippen LogP contribution in [0.25, 0.3) is 0 Å². The summed E-state index contributed by atoms with van der Waals surface area (Å²) in [7, 11) is 2.19. The Bertz CT molecular complexity index is 271. The van der Waals surface area contributed by atoms with E-state index in [0.29, 0.717) is 6.04 Å². The first-order chi connectivity index (χ1) is 6.25. The van der Waals surface area contributed by atoms with E-state index in [1.165, 1.54) is 31.5 Å². The summed E-state index contributed by atoms with van der Waals surface area (Å²) in [6.07, 6.45) is 6.56. The second-order valence-corrected chi connectivity index (χ2v) is 4.03. The molecule has 1 aromatic heterocycles. The molecule has 0 aliphatic carbocycles. The van der Waals surface area contributed by atoms with Gasteiger partial charge in [-0.2, -0.15) is 5.10 Å². The van der Waals surface area contributed by atoms with Gasteiger partial charge in [0.15, 0.2) is 0 Å². The number of hydrogen-bond acceptors (Lipinski definition) is 2. The first-order valence-electron chi connectivity index (χ1n) is 4.95. The minimum atomic E-state index is 0.630.